The van der Waals surface area contributed by atoms with Crippen molar-refractivity contribution in [2.45, 2.75) is 50.7 Å². The van der Waals surface area contributed by atoms with E-state index in [1.807, 2.05) is 30.3 Å². The Morgan fingerprint density at radius 2 is 2.00 bits per heavy atom. The Bertz CT molecular complexity index is 501. The van der Waals surface area contributed by atoms with Gasteiger partial charge in [0.1, 0.15) is 0 Å². The molecule has 0 radical (unpaired) electrons. The van der Waals surface area contributed by atoms with Crippen molar-refractivity contribution in [3.05, 3.63) is 35.9 Å². The van der Waals surface area contributed by atoms with Gasteiger partial charge in [-0.2, -0.15) is 0 Å². The molecule has 1 aliphatic heterocycles. The van der Waals surface area contributed by atoms with Crippen LogP contribution < -0.4 is 5.32 Å². The largest absolute Gasteiger partial charge is 0.388 e. The maximum atomic E-state index is 12.1. The van der Waals surface area contributed by atoms with E-state index in [0.29, 0.717) is 24.9 Å². The maximum Gasteiger partial charge on any atom is 0.234 e. The summed E-state index contributed by atoms with van der Waals surface area (Å²) in [5.74, 6) is 0.839. The Hall–Kier alpha value is -1.39. The van der Waals surface area contributed by atoms with E-state index in [1.165, 1.54) is 19.3 Å². The van der Waals surface area contributed by atoms with Crippen LogP contribution >= 0.6 is 0 Å². The number of hydrogen-bond donors (Lipinski definition) is 2. The number of amides is 1. The highest BCUT2D eigenvalue weighted by molar-refractivity contribution is 5.78. The van der Waals surface area contributed by atoms with E-state index in [0.717, 1.165) is 31.5 Å². The molecule has 0 spiro atoms. The van der Waals surface area contributed by atoms with Gasteiger partial charge in [-0.3, -0.25) is 9.69 Å². The number of nitrogens with one attached hydrogen (secondary N) is 1. The minimum absolute atomic E-state index is 0.137. The lowest BCUT2D eigenvalue weighted by Crippen LogP contribution is -2.42. The number of nitrogens with zero attached hydrogens (tertiary/aromatic N) is 1. The molecule has 1 aromatic rings. The number of likely N-dealkylation sites (tertiary alicyclic amines) is 1. The van der Waals surface area contributed by atoms with Gasteiger partial charge >= 0.3 is 0 Å². The molecule has 3 rings (SSSR count). The second-order valence-corrected chi connectivity index (χ2v) is 7.03. The van der Waals surface area contributed by atoms with Crippen molar-refractivity contribution >= 4 is 5.91 Å². The van der Waals surface area contributed by atoms with E-state index >= 15 is 0 Å². The molecular weight excluding hydrogens is 288 g/mol. The van der Waals surface area contributed by atoms with Gasteiger partial charge in [0, 0.05) is 12.6 Å². The van der Waals surface area contributed by atoms with Crippen LogP contribution in [0.2, 0.25) is 0 Å². The van der Waals surface area contributed by atoms with Crippen LogP contribution in [-0.2, 0) is 4.79 Å². The molecule has 1 saturated carbocycles. The predicted molar refractivity (Wildman–Crippen MR) is 91.0 cm³/mol. The molecule has 1 aliphatic carbocycles. The van der Waals surface area contributed by atoms with Crippen molar-refractivity contribution in [1.29, 1.82) is 0 Å². The van der Waals surface area contributed by atoms with Crippen LogP contribution in [0.3, 0.4) is 0 Å². The number of aliphatic hydroxyl groups is 1. The molecule has 0 bridgehead atoms. The quantitative estimate of drug-likeness (QED) is 0.812. The first-order valence-electron chi connectivity index (χ1n) is 8.96. The van der Waals surface area contributed by atoms with Crippen molar-refractivity contribution in [2.24, 2.45) is 5.92 Å². The molecule has 126 valence electrons. The van der Waals surface area contributed by atoms with E-state index in [2.05, 4.69) is 10.2 Å². The Morgan fingerprint density at radius 1 is 1.22 bits per heavy atom. The first-order valence-corrected chi connectivity index (χ1v) is 8.96. The standard InChI is InChI=1S/C19H28N2O2/c22-18(16-8-2-1-3-9-16)12-17-10-5-11-21(17)14-19(23)20-13-15-6-4-7-15/h1-3,8-9,15,17-18,22H,4-7,10-14H2,(H,20,23)/t17-,18+/m1/s1. The van der Waals surface area contributed by atoms with Gasteiger partial charge < -0.3 is 10.4 Å². The molecule has 23 heavy (non-hydrogen) atoms. The van der Waals surface area contributed by atoms with Crippen LogP contribution in [-0.4, -0.2) is 41.6 Å². The van der Waals surface area contributed by atoms with E-state index < -0.39 is 6.10 Å². The smallest absolute Gasteiger partial charge is 0.234 e. The van der Waals surface area contributed by atoms with E-state index in [1.54, 1.807) is 0 Å². The molecule has 2 aliphatic rings. The monoisotopic (exact) mass is 316 g/mol. The van der Waals surface area contributed by atoms with Crippen molar-refractivity contribution in [1.82, 2.24) is 10.2 Å². The van der Waals surface area contributed by atoms with Gasteiger partial charge in [-0.25, -0.2) is 0 Å². The van der Waals surface area contributed by atoms with Gasteiger partial charge in [0.15, 0.2) is 0 Å². The first kappa shape index (κ1) is 16.5. The van der Waals surface area contributed by atoms with Crippen LogP contribution in [0.25, 0.3) is 0 Å². The van der Waals surface area contributed by atoms with Gasteiger partial charge in [-0.15, -0.1) is 0 Å². The highest BCUT2D eigenvalue weighted by Crippen LogP contribution is 2.27. The summed E-state index contributed by atoms with van der Waals surface area (Å²) in [5.41, 5.74) is 0.966. The zero-order valence-electron chi connectivity index (χ0n) is 13.8. The Labute approximate surface area is 138 Å². The van der Waals surface area contributed by atoms with Crippen LogP contribution in [0.15, 0.2) is 30.3 Å². The number of rotatable bonds is 7. The molecule has 0 aromatic heterocycles. The fraction of sp³-hybridized carbons (Fsp3) is 0.632. The highest BCUT2D eigenvalue weighted by atomic mass is 16.3. The lowest BCUT2D eigenvalue weighted by atomic mass is 9.85. The molecule has 2 atom stereocenters. The van der Waals surface area contributed by atoms with Gasteiger partial charge in [0.05, 0.1) is 12.6 Å². The van der Waals surface area contributed by atoms with E-state index in [4.69, 9.17) is 0 Å². The van der Waals surface area contributed by atoms with Crippen LogP contribution in [0.4, 0.5) is 0 Å². The Morgan fingerprint density at radius 3 is 2.70 bits per heavy atom. The Balaban J connectivity index is 1.46. The van der Waals surface area contributed by atoms with E-state index in [9.17, 15) is 9.90 Å². The SMILES string of the molecule is O=C(CN1CCC[C@@H]1C[C@H](O)c1ccccc1)NCC1CCC1. The molecule has 1 heterocycles. The summed E-state index contributed by atoms with van der Waals surface area (Å²) in [7, 11) is 0. The molecule has 2 N–H and O–H groups in total. The second-order valence-electron chi connectivity index (χ2n) is 7.03. The number of carbonyl (C=O) groups is 1. The number of carbonyl (C=O) groups excluding carboxylic acids is 1. The third kappa shape index (κ3) is 4.55. The normalized spacial score (nSPS) is 23.4. The summed E-state index contributed by atoms with van der Waals surface area (Å²) in [6.07, 6.45) is 6.28. The lowest BCUT2D eigenvalue weighted by Gasteiger charge is -2.28. The fourth-order valence-corrected chi connectivity index (χ4v) is 3.63. The zero-order valence-corrected chi connectivity index (χ0v) is 13.8. The van der Waals surface area contributed by atoms with Crippen LogP contribution in [0.1, 0.15) is 50.2 Å². The minimum Gasteiger partial charge on any atom is -0.388 e. The second kappa shape index (κ2) is 7.93. The summed E-state index contributed by atoms with van der Waals surface area (Å²) < 4.78 is 0. The third-order valence-corrected chi connectivity index (χ3v) is 5.34. The molecule has 1 amide bonds. The first-order chi connectivity index (χ1) is 11.2. The van der Waals surface area contributed by atoms with Gasteiger partial charge in [-0.1, -0.05) is 36.8 Å². The topological polar surface area (TPSA) is 52.6 Å². The fourth-order valence-electron chi connectivity index (χ4n) is 3.63. The Kier molecular flexibility index (Phi) is 5.68. The summed E-state index contributed by atoms with van der Waals surface area (Å²) in [5, 5.41) is 13.5. The van der Waals surface area contributed by atoms with Crippen molar-refractivity contribution in [3.63, 3.8) is 0 Å². The molecule has 4 heteroatoms. The molecule has 1 aromatic carbocycles. The van der Waals surface area contributed by atoms with Crippen LogP contribution in [0, 0.1) is 5.92 Å². The van der Waals surface area contributed by atoms with Crippen LogP contribution in [0.5, 0.6) is 0 Å². The summed E-state index contributed by atoms with van der Waals surface area (Å²) >= 11 is 0. The lowest BCUT2D eigenvalue weighted by molar-refractivity contribution is -0.122. The summed E-state index contributed by atoms with van der Waals surface area (Å²) in [6.45, 7) is 2.27. The number of hydrogen-bond acceptors (Lipinski definition) is 3. The molecule has 2 fully saturated rings. The number of aliphatic hydroxyl groups excluding tert-OH is 1. The molecule has 0 unspecified atom stereocenters. The predicted octanol–water partition coefficient (Wildman–Crippen LogP) is 2.49. The van der Waals surface area contributed by atoms with Gasteiger partial charge in [0.25, 0.3) is 0 Å². The minimum atomic E-state index is -0.445. The van der Waals surface area contributed by atoms with Crippen molar-refractivity contribution < 1.29 is 9.90 Å². The summed E-state index contributed by atoms with van der Waals surface area (Å²) in [4.78, 5) is 14.4. The average molecular weight is 316 g/mol. The van der Waals surface area contributed by atoms with Crippen molar-refractivity contribution in [3.8, 4) is 0 Å². The average Bonchev–Trinajstić information content (AvgIpc) is 2.93. The molecule has 1 saturated heterocycles. The van der Waals surface area contributed by atoms with Gasteiger partial charge in [0.2, 0.25) is 5.91 Å². The van der Waals surface area contributed by atoms with E-state index in [-0.39, 0.29) is 5.91 Å². The third-order valence-electron chi connectivity index (χ3n) is 5.34. The molecular formula is C19H28N2O2. The zero-order chi connectivity index (χ0) is 16.1. The number of benzene rings is 1. The van der Waals surface area contributed by atoms with Crippen molar-refractivity contribution in [2.75, 3.05) is 19.6 Å². The molecule has 4 nitrogen and oxygen atoms in total. The maximum absolute atomic E-state index is 12.1. The summed E-state index contributed by atoms with van der Waals surface area (Å²) in [6, 6.07) is 10.1. The van der Waals surface area contributed by atoms with Gasteiger partial charge in [-0.05, 0) is 50.1 Å². The highest BCUT2D eigenvalue weighted by Gasteiger charge is 2.28.